The molecular formula is C19H17N3O3. The van der Waals surface area contributed by atoms with Gasteiger partial charge in [0.1, 0.15) is 5.54 Å². The first kappa shape index (κ1) is 15.4. The SMILES string of the molecule is Cc1ccc(C(=O)N2CCC3(NC(=O)NC3=O)c3ccccc32)cc1. The average molecular weight is 335 g/mol. The van der Waals surface area contributed by atoms with Crippen LogP contribution in [0.15, 0.2) is 48.5 Å². The van der Waals surface area contributed by atoms with Crippen LogP contribution in [0.2, 0.25) is 0 Å². The molecule has 1 saturated heterocycles. The first-order valence-corrected chi connectivity index (χ1v) is 8.13. The molecule has 1 fully saturated rings. The molecule has 0 aromatic heterocycles. The van der Waals surface area contributed by atoms with Crippen molar-refractivity contribution in [1.29, 1.82) is 0 Å². The molecule has 6 nitrogen and oxygen atoms in total. The Labute approximate surface area is 144 Å². The van der Waals surface area contributed by atoms with Crippen LogP contribution in [0.5, 0.6) is 0 Å². The molecule has 4 rings (SSSR count). The van der Waals surface area contributed by atoms with E-state index in [0.29, 0.717) is 29.8 Å². The smallest absolute Gasteiger partial charge is 0.319 e. The number of carbonyl (C=O) groups is 3. The number of hydrogen-bond donors (Lipinski definition) is 2. The van der Waals surface area contributed by atoms with Crippen molar-refractivity contribution in [3.8, 4) is 0 Å². The average Bonchev–Trinajstić information content (AvgIpc) is 2.90. The number of carbonyl (C=O) groups excluding carboxylic acids is 3. The van der Waals surface area contributed by atoms with Crippen molar-refractivity contribution in [2.24, 2.45) is 0 Å². The highest BCUT2D eigenvalue weighted by molar-refractivity contribution is 6.11. The molecule has 1 atom stereocenters. The van der Waals surface area contributed by atoms with Crippen molar-refractivity contribution in [2.45, 2.75) is 18.9 Å². The minimum atomic E-state index is -1.10. The van der Waals surface area contributed by atoms with Crippen LogP contribution in [-0.4, -0.2) is 24.4 Å². The molecule has 1 spiro atoms. The van der Waals surface area contributed by atoms with Gasteiger partial charge in [-0.05, 0) is 25.1 Å². The van der Waals surface area contributed by atoms with Crippen molar-refractivity contribution >= 4 is 23.5 Å². The van der Waals surface area contributed by atoms with Crippen molar-refractivity contribution < 1.29 is 14.4 Å². The minimum Gasteiger partial charge on any atom is -0.319 e. The summed E-state index contributed by atoms with van der Waals surface area (Å²) in [6.07, 6.45) is 0.333. The molecule has 2 aliphatic rings. The topological polar surface area (TPSA) is 78.5 Å². The number of benzene rings is 2. The summed E-state index contributed by atoms with van der Waals surface area (Å²) in [5.74, 6) is -0.487. The zero-order valence-corrected chi connectivity index (χ0v) is 13.7. The number of fused-ring (bicyclic) bond motifs is 2. The number of hydrogen-bond acceptors (Lipinski definition) is 3. The van der Waals surface area contributed by atoms with Gasteiger partial charge in [-0.25, -0.2) is 4.79 Å². The Morgan fingerprint density at radius 3 is 2.48 bits per heavy atom. The molecule has 6 heteroatoms. The van der Waals surface area contributed by atoms with Crippen LogP contribution in [0.4, 0.5) is 10.5 Å². The fraction of sp³-hybridized carbons (Fsp3) is 0.211. The predicted octanol–water partition coefficient (Wildman–Crippen LogP) is 2.08. The lowest BCUT2D eigenvalue weighted by Crippen LogP contribution is -2.52. The summed E-state index contributed by atoms with van der Waals surface area (Å²) in [4.78, 5) is 38.7. The molecule has 25 heavy (non-hydrogen) atoms. The van der Waals surface area contributed by atoms with Gasteiger partial charge in [-0.2, -0.15) is 0 Å². The van der Waals surface area contributed by atoms with Gasteiger partial charge >= 0.3 is 6.03 Å². The number of nitrogens with zero attached hydrogens (tertiary/aromatic N) is 1. The van der Waals surface area contributed by atoms with E-state index in [1.54, 1.807) is 35.2 Å². The molecule has 0 aliphatic carbocycles. The van der Waals surface area contributed by atoms with E-state index in [1.807, 2.05) is 25.1 Å². The maximum absolute atomic E-state index is 13.0. The van der Waals surface area contributed by atoms with Crippen molar-refractivity contribution in [2.75, 3.05) is 11.4 Å². The highest BCUT2D eigenvalue weighted by Crippen LogP contribution is 2.40. The van der Waals surface area contributed by atoms with Crippen molar-refractivity contribution in [3.63, 3.8) is 0 Å². The van der Waals surface area contributed by atoms with Gasteiger partial charge in [0.05, 0.1) is 5.69 Å². The maximum Gasteiger partial charge on any atom is 0.322 e. The number of amides is 4. The van der Waals surface area contributed by atoms with Gasteiger partial charge in [-0.15, -0.1) is 0 Å². The number of nitrogens with one attached hydrogen (secondary N) is 2. The highest BCUT2D eigenvalue weighted by atomic mass is 16.2. The Morgan fingerprint density at radius 2 is 1.80 bits per heavy atom. The number of urea groups is 1. The zero-order chi connectivity index (χ0) is 17.6. The third-order valence-corrected chi connectivity index (χ3v) is 4.85. The second kappa shape index (κ2) is 5.44. The molecule has 2 aromatic rings. The van der Waals surface area contributed by atoms with E-state index in [0.717, 1.165) is 5.56 Å². The second-order valence-corrected chi connectivity index (χ2v) is 6.40. The second-order valence-electron chi connectivity index (χ2n) is 6.40. The normalized spacial score (nSPS) is 21.7. The highest BCUT2D eigenvalue weighted by Gasteiger charge is 2.51. The van der Waals surface area contributed by atoms with Crippen molar-refractivity contribution in [3.05, 3.63) is 65.2 Å². The number of rotatable bonds is 1. The molecule has 126 valence electrons. The standard InChI is InChI=1S/C19H17N3O3/c1-12-6-8-13(9-7-12)16(23)22-11-10-19(17(24)20-18(25)21-19)14-4-2-3-5-15(14)22/h2-9H,10-11H2,1H3,(H2,20,21,24,25). The first-order valence-electron chi connectivity index (χ1n) is 8.13. The van der Waals surface area contributed by atoms with E-state index in [9.17, 15) is 14.4 Å². The van der Waals surface area contributed by atoms with Crippen LogP contribution >= 0.6 is 0 Å². The first-order chi connectivity index (χ1) is 12.0. The van der Waals surface area contributed by atoms with Gasteiger partial charge in [0.15, 0.2) is 0 Å². The molecular weight excluding hydrogens is 318 g/mol. The molecule has 0 bridgehead atoms. The quantitative estimate of drug-likeness (QED) is 0.783. The van der Waals surface area contributed by atoms with E-state index in [2.05, 4.69) is 10.6 Å². The van der Waals surface area contributed by atoms with Crippen LogP contribution in [0, 0.1) is 6.92 Å². The van der Waals surface area contributed by atoms with Crippen LogP contribution in [0.1, 0.15) is 27.9 Å². The summed E-state index contributed by atoms with van der Waals surface area (Å²) in [6, 6.07) is 14.1. The Hall–Kier alpha value is -3.15. The fourth-order valence-corrected chi connectivity index (χ4v) is 3.52. The van der Waals surface area contributed by atoms with Crippen LogP contribution in [-0.2, 0) is 10.3 Å². The monoisotopic (exact) mass is 335 g/mol. The number of imide groups is 1. The Balaban J connectivity index is 1.77. The molecule has 0 radical (unpaired) electrons. The Morgan fingerprint density at radius 1 is 1.08 bits per heavy atom. The largest absolute Gasteiger partial charge is 0.322 e. The van der Waals surface area contributed by atoms with E-state index < -0.39 is 11.6 Å². The summed E-state index contributed by atoms with van der Waals surface area (Å²) < 4.78 is 0. The number of aryl methyl sites for hydroxylation is 1. The lowest BCUT2D eigenvalue weighted by molar-refractivity contribution is -0.124. The van der Waals surface area contributed by atoms with Gasteiger partial charge in [-0.1, -0.05) is 35.9 Å². The summed E-state index contributed by atoms with van der Waals surface area (Å²) in [5.41, 5.74) is 1.87. The zero-order valence-electron chi connectivity index (χ0n) is 13.7. The summed E-state index contributed by atoms with van der Waals surface area (Å²) >= 11 is 0. The van der Waals surface area contributed by atoms with Gasteiger partial charge in [0.25, 0.3) is 11.8 Å². The molecule has 0 saturated carbocycles. The molecule has 2 aromatic carbocycles. The van der Waals surface area contributed by atoms with Crippen LogP contribution in [0.3, 0.4) is 0 Å². The maximum atomic E-state index is 13.0. The minimum absolute atomic E-state index is 0.118. The van der Waals surface area contributed by atoms with Gasteiger partial charge in [0.2, 0.25) is 0 Å². The summed E-state index contributed by atoms with van der Waals surface area (Å²) in [5, 5.41) is 5.05. The van der Waals surface area contributed by atoms with Crippen molar-refractivity contribution in [1.82, 2.24) is 10.6 Å². The molecule has 4 amide bonds. The van der Waals surface area contributed by atoms with Gasteiger partial charge < -0.3 is 10.2 Å². The predicted molar refractivity (Wildman–Crippen MR) is 92.3 cm³/mol. The molecule has 2 N–H and O–H groups in total. The van der Waals surface area contributed by atoms with Gasteiger partial charge in [0, 0.05) is 24.1 Å². The van der Waals surface area contributed by atoms with Gasteiger partial charge in [-0.3, -0.25) is 14.9 Å². The van der Waals surface area contributed by atoms with E-state index in [-0.39, 0.29) is 11.8 Å². The fourth-order valence-electron chi connectivity index (χ4n) is 3.52. The lowest BCUT2D eigenvalue weighted by Gasteiger charge is -2.39. The number of para-hydroxylation sites is 1. The lowest BCUT2D eigenvalue weighted by atomic mass is 9.82. The summed E-state index contributed by atoms with van der Waals surface area (Å²) in [7, 11) is 0. The third kappa shape index (κ3) is 2.29. The summed E-state index contributed by atoms with van der Waals surface area (Å²) in [6.45, 7) is 2.31. The van der Waals surface area contributed by atoms with E-state index in [4.69, 9.17) is 0 Å². The number of anilines is 1. The molecule has 2 heterocycles. The Bertz CT molecular complexity index is 891. The van der Waals surface area contributed by atoms with E-state index >= 15 is 0 Å². The van der Waals surface area contributed by atoms with E-state index in [1.165, 1.54) is 0 Å². The third-order valence-electron chi connectivity index (χ3n) is 4.85. The molecule has 1 unspecified atom stereocenters. The van der Waals surface area contributed by atoms with Crippen LogP contribution < -0.4 is 15.5 Å². The molecule has 2 aliphatic heterocycles. The Kier molecular flexibility index (Phi) is 3.35. The van der Waals surface area contributed by atoms with Crippen LogP contribution in [0.25, 0.3) is 0 Å².